The molecule has 0 amide bonds. The number of rotatable bonds is 3. The number of carbonyl (C=O) groups excluding carboxylic acids is 1. The van der Waals surface area contributed by atoms with Crippen LogP contribution in [0.25, 0.3) is 0 Å². The minimum atomic E-state index is -0.454. The molecule has 0 fully saturated rings. The van der Waals surface area contributed by atoms with Crippen molar-refractivity contribution in [1.82, 2.24) is 9.78 Å². The number of aromatic nitrogens is 2. The zero-order valence-electron chi connectivity index (χ0n) is 7.12. The maximum absolute atomic E-state index is 10.7. The van der Waals surface area contributed by atoms with Gasteiger partial charge in [0.05, 0.1) is 11.8 Å². The molecule has 0 bridgehead atoms. The Labute approximate surface area is 76.3 Å². The summed E-state index contributed by atoms with van der Waals surface area (Å²) in [5.74, 6) is 0.517. The van der Waals surface area contributed by atoms with Gasteiger partial charge in [0.2, 0.25) is 0 Å². The second kappa shape index (κ2) is 3.72. The molecule has 3 nitrogen and oxygen atoms in total. The fraction of sp³-hybridized carbons (Fsp3) is 0.500. The summed E-state index contributed by atoms with van der Waals surface area (Å²) in [5, 5.41) is 3.54. The summed E-state index contributed by atoms with van der Waals surface area (Å²) < 4.78 is 1.72. The third-order valence-corrected chi connectivity index (χ3v) is 1.63. The summed E-state index contributed by atoms with van der Waals surface area (Å²) in [7, 11) is 0. The van der Waals surface area contributed by atoms with Gasteiger partial charge < -0.3 is 0 Å². The molecule has 0 aromatic carbocycles. The van der Waals surface area contributed by atoms with Crippen molar-refractivity contribution in [3.63, 3.8) is 0 Å². The molecule has 0 aliphatic carbocycles. The van der Waals surface area contributed by atoms with E-state index in [0.29, 0.717) is 11.5 Å². The lowest BCUT2D eigenvalue weighted by Crippen LogP contribution is -2.04. The SMILES string of the molecule is CC(C)Cn1cc(C(=O)Cl)cn1. The maximum atomic E-state index is 10.7. The van der Waals surface area contributed by atoms with Gasteiger partial charge in [-0.15, -0.1) is 0 Å². The molecular formula is C8H11ClN2O. The van der Waals surface area contributed by atoms with Crippen molar-refractivity contribution in [1.29, 1.82) is 0 Å². The van der Waals surface area contributed by atoms with E-state index < -0.39 is 5.24 Å². The van der Waals surface area contributed by atoms with E-state index in [0.717, 1.165) is 6.54 Å². The van der Waals surface area contributed by atoms with Gasteiger partial charge in [-0.1, -0.05) is 13.8 Å². The van der Waals surface area contributed by atoms with Gasteiger partial charge in [0.1, 0.15) is 0 Å². The third kappa shape index (κ3) is 2.34. The van der Waals surface area contributed by atoms with Crippen LogP contribution >= 0.6 is 11.6 Å². The van der Waals surface area contributed by atoms with Crippen LogP contribution in [0.5, 0.6) is 0 Å². The van der Waals surface area contributed by atoms with E-state index in [9.17, 15) is 4.79 Å². The van der Waals surface area contributed by atoms with E-state index in [2.05, 4.69) is 18.9 Å². The summed E-state index contributed by atoms with van der Waals surface area (Å²) in [6.07, 6.45) is 3.15. The van der Waals surface area contributed by atoms with E-state index in [1.807, 2.05) is 0 Å². The first-order chi connectivity index (χ1) is 5.59. The van der Waals surface area contributed by atoms with Gasteiger partial charge in [-0.25, -0.2) is 0 Å². The van der Waals surface area contributed by atoms with E-state index in [1.54, 1.807) is 10.9 Å². The first kappa shape index (κ1) is 9.26. The molecule has 1 aromatic rings. The predicted octanol–water partition coefficient (Wildman–Crippen LogP) is 1.92. The Hall–Kier alpha value is -0.830. The van der Waals surface area contributed by atoms with Crippen LogP contribution in [-0.4, -0.2) is 15.0 Å². The summed E-state index contributed by atoms with van der Waals surface area (Å²) in [4.78, 5) is 10.7. The molecule has 1 heterocycles. The molecule has 0 saturated heterocycles. The van der Waals surface area contributed by atoms with Crippen molar-refractivity contribution in [2.45, 2.75) is 20.4 Å². The molecule has 1 rings (SSSR count). The summed E-state index contributed by atoms with van der Waals surface area (Å²) in [5.41, 5.74) is 0.456. The van der Waals surface area contributed by atoms with Gasteiger partial charge in [-0.3, -0.25) is 9.48 Å². The van der Waals surface area contributed by atoms with Gasteiger partial charge in [-0.2, -0.15) is 5.10 Å². The topological polar surface area (TPSA) is 34.9 Å². The van der Waals surface area contributed by atoms with Crippen molar-refractivity contribution in [2.75, 3.05) is 0 Å². The normalized spacial score (nSPS) is 10.7. The molecular weight excluding hydrogens is 176 g/mol. The molecule has 0 saturated carbocycles. The quantitative estimate of drug-likeness (QED) is 0.676. The number of nitrogens with zero attached hydrogens (tertiary/aromatic N) is 2. The van der Waals surface area contributed by atoms with Crippen LogP contribution < -0.4 is 0 Å². The zero-order chi connectivity index (χ0) is 9.14. The fourth-order valence-corrected chi connectivity index (χ4v) is 1.04. The highest BCUT2D eigenvalue weighted by atomic mass is 35.5. The summed E-state index contributed by atoms with van der Waals surface area (Å²) in [6.45, 7) is 4.98. The highest BCUT2D eigenvalue weighted by Gasteiger charge is 2.05. The standard InChI is InChI=1S/C8H11ClN2O/c1-6(2)4-11-5-7(3-10-11)8(9)12/h3,5-6H,4H2,1-2H3. The molecule has 0 unspecified atom stereocenters. The third-order valence-electron chi connectivity index (χ3n) is 1.41. The number of hydrogen-bond donors (Lipinski definition) is 0. The molecule has 12 heavy (non-hydrogen) atoms. The van der Waals surface area contributed by atoms with Crippen molar-refractivity contribution in [3.8, 4) is 0 Å². The minimum absolute atomic E-state index is 0.454. The van der Waals surface area contributed by atoms with Crippen LogP contribution in [0.1, 0.15) is 24.2 Å². The molecule has 1 aromatic heterocycles. The highest BCUT2D eigenvalue weighted by Crippen LogP contribution is 2.04. The van der Waals surface area contributed by atoms with Crippen LogP contribution in [0.2, 0.25) is 0 Å². The van der Waals surface area contributed by atoms with Crippen molar-refractivity contribution >= 4 is 16.8 Å². The molecule has 0 aliphatic rings. The van der Waals surface area contributed by atoms with Gasteiger partial charge in [0.15, 0.2) is 0 Å². The molecule has 0 atom stereocenters. The number of carbonyl (C=O) groups is 1. The number of hydrogen-bond acceptors (Lipinski definition) is 2. The Morgan fingerprint density at radius 1 is 1.75 bits per heavy atom. The monoisotopic (exact) mass is 186 g/mol. The highest BCUT2D eigenvalue weighted by molar-refractivity contribution is 6.67. The lowest BCUT2D eigenvalue weighted by molar-refractivity contribution is 0.108. The Morgan fingerprint density at radius 2 is 2.42 bits per heavy atom. The van der Waals surface area contributed by atoms with Crippen molar-refractivity contribution < 1.29 is 4.79 Å². The Kier molecular flexibility index (Phi) is 2.87. The zero-order valence-corrected chi connectivity index (χ0v) is 7.88. The fourth-order valence-electron chi connectivity index (χ4n) is 0.939. The molecule has 0 radical (unpaired) electrons. The van der Waals surface area contributed by atoms with Crippen molar-refractivity contribution in [3.05, 3.63) is 18.0 Å². The van der Waals surface area contributed by atoms with Gasteiger partial charge in [0, 0.05) is 12.7 Å². The Morgan fingerprint density at radius 3 is 2.83 bits per heavy atom. The lowest BCUT2D eigenvalue weighted by Gasteiger charge is -2.02. The van der Waals surface area contributed by atoms with Gasteiger partial charge in [-0.05, 0) is 17.5 Å². The minimum Gasteiger partial charge on any atom is -0.275 e. The van der Waals surface area contributed by atoms with Crippen LogP contribution in [0, 0.1) is 5.92 Å². The Balaban J connectivity index is 2.71. The molecule has 66 valence electrons. The molecule has 0 aliphatic heterocycles. The first-order valence-corrected chi connectivity index (χ1v) is 4.19. The molecule has 0 spiro atoms. The Bertz CT molecular complexity index is 280. The average Bonchev–Trinajstić information content (AvgIpc) is 2.34. The van der Waals surface area contributed by atoms with Crippen LogP contribution in [0.3, 0.4) is 0 Å². The summed E-state index contributed by atoms with van der Waals surface area (Å²) >= 11 is 5.26. The second-order valence-electron chi connectivity index (χ2n) is 3.12. The van der Waals surface area contributed by atoms with E-state index in [1.165, 1.54) is 6.20 Å². The van der Waals surface area contributed by atoms with E-state index in [4.69, 9.17) is 11.6 Å². The average molecular weight is 187 g/mol. The van der Waals surface area contributed by atoms with Crippen LogP contribution in [0.15, 0.2) is 12.4 Å². The first-order valence-electron chi connectivity index (χ1n) is 3.82. The van der Waals surface area contributed by atoms with Crippen LogP contribution in [-0.2, 0) is 6.54 Å². The van der Waals surface area contributed by atoms with Gasteiger partial charge in [0.25, 0.3) is 5.24 Å². The van der Waals surface area contributed by atoms with Crippen LogP contribution in [0.4, 0.5) is 0 Å². The molecule has 4 heteroatoms. The largest absolute Gasteiger partial charge is 0.275 e. The second-order valence-corrected chi connectivity index (χ2v) is 3.46. The maximum Gasteiger partial charge on any atom is 0.255 e. The lowest BCUT2D eigenvalue weighted by atomic mass is 10.2. The summed E-state index contributed by atoms with van der Waals surface area (Å²) in [6, 6.07) is 0. The van der Waals surface area contributed by atoms with Gasteiger partial charge >= 0.3 is 0 Å². The van der Waals surface area contributed by atoms with E-state index >= 15 is 0 Å². The number of halogens is 1. The predicted molar refractivity (Wildman–Crippen MR) is 47.2 cm³/mol. The van der Waals surface area contributed by atoms with Crippen molar-refractivity contribution in [2.24, 2.45) is 5.92 Å². The molecule has 0 N–H and O–H groups in total. The smallest absolute Gasteiger partial charge is 0.255 e. The van der Waals surface area contributed by atoms with E-state index in [-0.39, 0.29) is 0 Å².